The molecule has 0 fully saturated rings. The summed E-state index contributed by atoms with van der Waals surface area (Å²) in [5.74, 6) is 0.477. The summed E-state index contributed by atoms with van der Waals surface area (Å²) in [7, 11) is 0. The zero-order valence-corrected chi connectivity index (χ0v) is 19.9. The molecule has 174 valence electrons. The Kier molecular flexibility index (Phi) is 4.81. The molecule has 1 N–H and O–H groups in total. The van der Waals surface area contributed by atoms with Gasteiger partial charge in [-0.25, -0.2) is 4.98 Å². The van der Waals surface area contributed by atoms with Gasteiger partial charge >= 0.3 is 0 Å². The standard InChI is InChI=1S/C28H26N6O/c1-28(2,3)23-16-34-26(21-14-22(35)20(15-33(21)23)27-29-17-30-31-27)24(18-10-6-4-7-11-18)25(32-34)19-12-8-5-9-13-19/h4-15,17,23H,16H2,1-3H3,(H,29,30,31)/t23-/m0/s1. The summed E-state index contributed by atoms with van der Waals surface area (Å²) in [5.41, 5.74) is 6.21. The first-order chi connectivity index (χ1) is 16.9. The van der Waals surface area contributed by atoms with Crippen LogP contribution >= 0.6 is 0 Å². The van der Waals surface area contributed by atoms with Crippen molar-refractivity contribution in [2.75, 3.05) is 0 Å². The topological polar surface area (TPSA) is 81.4 Å². The van der Waals surface area contributed by atoms with Crippen molar-refractivity contribution in [1.82, 2.24) is 29.5 Å². The molecule has 0 amide bonds. The van der Waals surface area contributed by atoms with Crippen molar-refractivity contribution in [2.24, 2.45) is 5.41 Å². The van der Waals surface area contributed by atoms with E-state index in [-0.39, 0.29) is 16.9 Å². The minimum Gasteiger partial charge on any atom is -0.340 e. The predicted octanol–water partition coefficient (Wildman–Crippen LogP) is 5.43. The van der Waals surface area contributed by atoms with E-state index in [9.17, 15) is 4.79 Å². The second kappa shape index (κ2) is 7.91. The van der Waals surface area contributed by atoms with Crippen molar-refractivity contribution in [1.29, 1.82) is 0 Å². The fraction of sp³-hybridized carbons (Fsp3) is 0.214. The van der Waals surface area contributed by atoms with E-state index in [4.69, 9.17) is 5.10 Å². The fourth-order valence-corrected chi connectivity index (χ4v) is 4.98. The van der Waals surface area contributed by atoms with Gasteiger partial charge < -0.3 is 4.57 Å². The molecule has 5 aromatic rings. The number of H-pyrrole nitrogens is 1. The first kappa shape index (κ1) is 21.3. The minimum absolute atomic E-state index is 0.0774. The number of pyridine rings is 1. The van der Waals surface area contributed by atoms with Crippen molar-refractivity contribution in [2.45, 2.75) is 33.4 Å². The van der Waals surface area contributed by atoms with Crippen molar-refractivity contribution in [3.05, 3.63) is 89.5 Å². The first-order valence-electron chi connectivity index (χ1n) is 11.8. The number of fused-ring (bicyclic) bond motifs is 3. The zero-order valence-electron chi connectivity index (χ0n) is 19.9. The molecule has 0 saturated carbocycles. The molecule has 3 aromatic heterocycles. The summed E-state index contributed by atoms with van der Waals surface area (Å²) in [6.07, 6.45) is 3.36. The number of nitrogens with one attached hydrogen (secondary N) is 1. The molecule has 0 unspecified atom stereocenters. The van der Waals surface area contributed by atoms with Gasteiger partial charge in [0.15, 0.2) is 11.3 Å². The number of aromatic nitrogens is 6. The molecule has 7 nitrogen and oxygen atoms in total. The van der Waals surface area contributed by atoms with E-state index >= 15 is 0 Å². The van der Waals surface area contributed by atoms with Gasteiger partial charge in [0.1, 0.15) is 12.0 Å². The molecule has 0 spiro atoms. The van der Waals surface area contributed by atoms with Crippen LogP contribution in [0, 0.1) is 5.41 Å². The van der Waals surface area contributed by atoms with Crippen LogP contribution in [0.3, 0.4) is 0 Å². The molecule has 1 aliphatic heterocycles. The number of hydrogen-bond acceptors (Lipinski definition) is 4. The molecule has 1 aliphatic rings. The lowest BCUT2D eigenvalue weighted by molar-refractivity contribution is 0.202. The van der Waals surface area contributed by atoms with Crippen LogP contribution in [0.4, 0.5) is 0 Å². The normalized spacial score (nSPS) is 15.0. The maximum absolute atomic E-state index is 13.3. The number of hydrogen-bond donors (Lipinski definition) is 1. The van der Waals surface area contributed by atoms with Gasteiger partial charge in [-0.15, -0.1) is 0 Å². The number of rotatable bonds is 3. The summed E-state index contributed by atoms with van der Waals surface area (Å²) in [6.45, 7) is 7.35. The Hall–Kier alpha value is -4.26. The summed E-state index contributed by atoms with van der Waals surface area (Å²) in [4.78, 5) is 17.6. The van der Waals surface area contributed by atoms with Gasteiger partial charge in [0.05, 0.1) is 29.5 Å². The van der Waals surface area contributed by atoms with Crippen molar-refractivity contribution in [3.8, 4) is 45.2 Å². The number of benzene rings is 2. The molecule has 0 radical (unpaired) electrons. The third-order valence-corrected chi connectivity index (χ3v) is 6.74. The molecule has 1 atom stereocenters. The molecule has 0 saturated heterocycles. The van der Waals surface area contributed by atoms with Crippen LogP contribution in [0.2, 0.25) is 0 Å². The Morgan fingerprint density at radius 1 is 0.971 bits per heavy atom. The average molecular weight is 463 g/mol. The van der Waals surface area contributed by atoms with Gasteiger partial charge in [0, 0.05) is 23.4 Å². The highest BCUT2D eigenvalue weighted by Gasteiger charge is 2.36. The summed E-state index contributed by atoms with van der Waals surface area (Å²) < 4.78 is 4.32. The minimum atomic E-state index is -0.101. The lowest BCUT2D eigenvalue weighted by Gasteiger charge is -2.38. The first-order valence-corrected chi connectivity index (χ1v) is 11.8. The molecule has 0 bridgehead atoms. The van der Waals surface area contributed by atoms with Crippen LogP contribution in [0.25, 0.3) is 45.2 Å². The highest BCUT2D eigenvalue weighted by Crippen LogP contribution is 2.46. The molecule has 35 heavy (non-hydrogen) atoms. The van der Waals surface area contributed by atoms with Crippen molar-refractivity contribution >= 4 is 0 Å². The van der Waals surface area contributed by atoms with E-state index in [1.165, 1.54) is 6.33 Å². The van der Waals surface area contributed by atoms with Gasteiger partial charge in [-0.2, -0.15) is 10.2 Å². The van der Waals surface area contributed by atoms with E-state index in [1.54, 1.807) is 6.07 Å². The van der Waals surface area contributed by atoms with Crippen LogP contribution in [0.15, 0.2) is 84.0 Å². The van der Waals surface area contributed by atoms with E-state index in [2.05, 4.69) is 69.5 Å². The Morgan fingerprint density at radius 3 is 2.29 bits per heavy atom. The smallest absolute Gasteiger partial charge is 0.193 e. The molecule has 6 rings (SSSR count). The van der Waals surface area contributed by atoms with E-state index < -0.39 is 0 Å². The lowest BCUT2D eigenvalue weighted by Crippen LogP contribution is -2.34. The van der Waals surface area contributed by atoms with Gasteiger partial charge in [0.25, 0.3) is 0 Å². The second-order valence-corrected chi connectivity index (χ2v) is 10.0. The summed E-state index contributed by atoms with van der Waals surface area (Å²) in [6, 6.07) is 22.3. The highest BCUT2D eigenvalue weighted by atomic mass is 16.1. The molecule has 2 aromatic carbocycles. The monoisotopic (exact) mass is 462 g/mol. The fourth-order valence-electron chi connectivity index (χ4n) is 4.98. The van der Waals surface area contributed by atoms with E-state index in [0.717, 1.165) is 33.8 Å². The molecule has 0 aliphatic carbocycles. The second-order valence-electron chi connectivity index (χ2n) is 10.0. The Labute approximate surface area is 203 Å². The molecule has 4 heterocycles. The molecular formula is C28H26N6O. The van der Waals surface area contributed by atoms with Crippen LogP contribution in [-0.4, -0.2) is 29.5 Å². The lowest BCUT2D eigenvalue weighted by atomic mass is 9.84. The number of aromatic amines is 1. The van der Waals surface area contributed by atoms with Gasteiger partial charge in [-0.3, -0.25) is 14.6 Å². The Bertz CT molecular complexity index is 1560. The Morgan fingerprint density at radius 2 is 1.66 bits per heavy atom. The molecule has 7 heteroatoms. The maximum Gasteiger partial charge on any atom is 0.193 e. The van der Waals surface area contributed by atoms with Crippen LogP contribution < -0.4 is 5.43 Å². The van der Waals surface area contributed by atoms with Crippen LogP contribution in [0.1, 0.15) is 26.8 Å². The third kappa shape index (κ3) is 3.51. The zero-order chi connectivity index (χ0) is 24.2. The van der Waals surface area contributed by atoms with Crippen LogP contribution in [-0.2, 0) is 6.54 Å². The third-order valence-electron chi connectivity index (χ3n) is 6.74. The SMILES string of the molecule is CC(C)(C)[C@@H]1Cn2nc(-c3ccccc3)c(-c3ccccc3)c2-c2cc(=O)c(-c3ncn[nH]3)cn21. The predicted molar refractivity (Wildman–Crippen MR) is 137 cm³/mol. The summed E-state index contributed by atoms with van der Waals surface area (Å²) in [5, 5.41) is 11.9. The van der Waals surface area contributed by atoms with Gasteiger partial charge in [0.2, 0.25) is 0 Å². The molecular weight excluding hydrogens is 436 g/mol. The average Bonchev–Trinajstić information content (AvgIpc) is 3.52. The quantitative estimate of drug-likeness (QED) is 0.388. The van der Waals surface area contributed by atoms with E-state index in [1.807, 2.05) is 42.6 Å². The maximum atomic E-state index is 13.3. The van der Waals surface area contributed by atoms with Crippen molar-refractivity contribution < 1.29 is 0 Å². The number of nitrogens with zero attached hydrogens (tertiary/aromatic N) is 5. The van der Waals surface area contributed by atoms with Crippen molar-refractivity contribution in [3.63, 3.8) is 0 Å². The van der Waals surface area contributed by atoms with E-state index in [0.29, 0.717) is 17.9 Å². The Balaban J connectivity index is 1.68. The highest BCUT2D eigenvalue weighted by molar-refractivity contribution is 5.91. The summed E-state index contributed by atoms with van der Waals surface area (Å²) >= 11 is 0. The van der Waals surface area contributed by atoms with Gasteiger partial charge in [-0.1, -0.05) is 81.4 Å². The largest absolute Gasteiger partial charge is 0.340 e. The van der Waals surface area contributed by atoms with Gasteiger partial charge in [-0.05, 0) is 11.0 Å². The van der Waals surface area contributed by atoms with Crippen LogP contribution in [0.5, 0.6) is 0 Å².